The van der Waals surface area contributed by atoms with Crippen molar-refractivity contribution in [2.75, 3.05) is 0 Å². The maximum absolute atomic E-state index is 9.03. The molecular formula is C14H20N. The predicted octanol–water partition coefficient (Wildman–Crippen LogP) is 3.42. The van der Waals surface area contributed by atoms with Crippen LogP contribution in [0.1, 0.15) is 39.5 Å². The minimum Gasteiger partial charge on any atom is -0.198 e. The third-order valence-electron chi connectivity index (χ3n) is 5.39. The van der Waals surface area contributed by atoms with Gasteiger partial charge in [-0.15, -0.1) is 0 Å². The molecule has 1 heteroatoms. The Morgan fingerprint density at radius 1 is 1.00 bits per heavy atom. The van der Waals surface area contributed by atoms with Gasteiger partial charge < -0.3 is 0 Å². The summed E-state index contributed by atoms with van der Waals surface area (Å²) in [5.74, 6) is 6.68. The minimum absolute atomic E-state index is 0.390. The largest absolute Gasteiger partial charge is 0.198 e. The zero-order chi connectivity index (χ0) is 10.6. The van der Waals surface area contributed by atoms with E-state index in [2.05, 4.69) is 19.9 Å². The molecule has 0 aromatic carbocycles. The molecule has 2 bridgehead atoms. The van der Waals surface area contributed by atoms with E-state index in [1.807, 2.05) is 0 Å². The quantitative estimate of drug-likeness (QED) is 0.639. The first-order chi connectivity index (χ1) is 7.20. The molecule has 0 aromatic rings. The van der Waals surface area contributed by atoms with Gasteiger partial charge in [0, 0.05) is 5.92 Å². The van der Waals surface area contributed by atoms with Crippen molar-refractivity contribution in [3.05, 3.63) is 5.92 Å². The summed E-state index contributed by atoms with van der Waals surface area (Å²) in [5.41, 5.74) is 0. The number of nitriles is 1. The second-order valence-electron chi connectivity index (χ2n) is 6.20. The highest BCUT2D eigenvalue weighted by Crippen LogP contribution is 2.63. The Labute approximate surface area is 92.9 Å². The third kappa shape index (κ3) is 1.27. The molecule has 6 unspecified atom stereocenters. The van der Waals surface area contributed by atoms with Crippen molar-refractivity contribution in [3.8, 4) is 6.07 Å². The lowest BCUT2D eigenvalue weighted by Crippen LogP contribution is -2.26. The molecule has 3 aliphatic rings. The van der Waals surface area contributed by atoms with Crippen LogP contribution in [0.3, 0.4) is 0 Å². The van der Waals surface area contributed by atoms with Crippen LogP contribution in [0.4, 0.5) is 0 Å². The lowest BCUT2D eigenvalue weighted by Gasteiger charge is -2.33. The molecule has 81 valence electrons. The topological polar surface area (TPSA) is 23.8 Å². The second kappa shape index (κ2) is 3.24. The summed E-state index contributed by atoms with van der Waals surface area (Å²) in [4.78, 5) is 0. The molecule has 0 N–H and O–H groups in total. The molecular weight excluding hydrogens is 182 g/mol. The molecule has 0 spiro atoms. The van der Waals surface area contributed by atoms with E-state index < -0.39 is 0 Å². The van der Waals surface area contributed by atoms with Gasteiger partial charge in [-0.05, 0) is 61.2 Å². The highest BCUT2D eigenvalue weighted by atomic mass is 14.6. The standard InChI is InChI=1S/C14H20N/c1-8(2)11-5-10-6-14(11)13-4-9(7-15)3-12(10)13/h9-14H,3-6H2,1-2H3. The highest BCUT2D eigenvalue weighted by Gasteiger charge is 2.56. The van der Waals surface area contributed by atoms with Crippen LogP contribution < -0.4 is 0 Å². The van der Waals surface area contributed by atoms with Crippen LogP contribution in [-0.4, -0.2) is 0 Å². The summed E-state index contributed by atoms with van der Waals surface area (Å²) < 4.78 is 0. The molecule has 0 saturated heterocycles. The summed E-state index contributed by atoms with van der Waals surface area (Å²) in [6.07, 6.45) is 5.35. The van der Waals surface area contributed by atoms with Crippen molar-refractivity contribution in [1.29, 1.82) is 5.26 Å². The summed E-state index contributed by atoms with van der Waals surface area (Å²) >= 11 is 0. The fraction of sp³-hybridized carbons (Fsp3) is 0.857. The minimum atomic E-state index is 0.390. The zero-order valence-electron chi connectivity index (χ0n) is 9.74. The van der Waals surface area contributed by atoms with Crippen LogP contribution in [0.15, 0.2) is 0 Å². The normalized spacial score (nSPS) is 52.1. The first kappa shape index (κ1) is 9.70. The van der Waals surface area contributed by atoms with Gasteiger partial charge >= 0.3 is 0 Å². The number of rotatable bonds is 1. The number of nitrogens with zero attached hydrogens (tertiary/aromatic N) is 1. The first-order valence-corrected chi connectivity index (χ1v) is 6.40. The highest BCUT2D eigenvalue weighted by molar-refractivity contribution is 5.11. The molecule has 0 aliphatic heterocycles. The van der Waals surface area contributed by atoms with Crippen LogP contribution in [0, 0.1) is 52.8 Å². The van der Waals surface area contributed by atoms with Gasteiger partial charge in [0.2, 0.25) is 0 Å². The van der Waals surface area contributed by atoms with E-state index in [0.29, 0.717) is 5.92 Å². The van der Waals surface area contributed by atoms with E-state index in [4.69, 9.17) is 5.26 Å². The fourth-order valence-electron chi connectivity index (χ4n) is 4.84. The van der Waals surface area contributed by atoms with Gasteiger partial charge in [0.1, 0.15) is 0 Å². The van der Waals surface area contributed by atoms with Gasteiger partial charge in [-0.3, -0.25) is 0 Å². The summed E-state index contributed by atoms with van der Waals surface area (Å²) in [7, 11) is 0. The van der Waals surface area contributed by atoms with Gasteiger partial charge in [0.25, 0.3) is 0 Å². The van der Waals surface area contributed by atoms with E-state index in [-0.39, 0.29) is 0 Å². The Hall–Kier alpha value is -0.510. The number of hydrogen-bond donors (Lipinski definition) is 0. The van der Waals surface area contributed by atoms with Crippen molar-refractivity contribution in [3.63, 3.8) is 0 Å². The molecule has 6 atom stereocenters. The molecule has 0 amide bonds. The maximum atomic E-state index is 9.03. The smallest absolute Gasteiger partial charge is 0.0656 e. The van der Waals surface area contributed by atoms with Gasteiger partial charge in [-0.2, -0.15) is 5.26 Å². The van der Waals surface area contributed by atoms with Crippen LogP contribution in [0.5, 0.6) is 0 Å². The lowest BCUT2D eigenvalue weighted by molar-refractivity contribution is 0.197. The zero-order valence-corrected chi connectivity index (χ0v) is 9.74. The average molecular weight is 202 g/mol. The number of fused-ring (bicyclic) bond motifs is 5. The van der Waals surface area contributed by atoms with Crippen molar-refractivity contribution in [1.82, 2.24) is 0 Å². The van der Waals surface area contributed by atoms with E-state index in [1.165, 1.54) is 25.7 Å². The van der Waals surface area contributed by atoms with Crippen LogP contribution >= 0.6 is 0 Å². The third-order valence-corrected chi connectivity index (χ3v) is 5.39. The molecule has 0 aromatic heterocycles. The summed E-state index contributed by atoms with van der Waals surface area (Å²) in [6.45, 7) is 4.61. The van der Waals surface area contributed by atoms with E-state index in [1.54, 1.807) is 5.92 Å². The van der Waals surface area contributed by atoms with Crippen molar-refractivity contribution in [2.45, 2.75) is 39.5 Å². The Morgan fingerprint density at radius 2 is 1.73 bits per heavy atom. The average Bonchev–Trinajstić information content (AvgIpc) is 2.87. The van der Waals surface area contributed by atoms with E-state index >= 15 is 0 Å². The number of hydrogen-bond acceptors (Lipinski definition) is 1. The van der Waals surface area contributed by atoms with Crippen molar-refractivity contribution < 1.29 is 0 Å². The van der Waals surface area contributed by atoms with E-state index in [0.717, 1.165) is 29.6 Å². The maximum Gasteiger partial charge on any atom is 0.0656 e. The van der Waals surface area contributed by atoms with Crippen molar-refractivity contribution >= 4 is 0 Å². The SMILES string of the molecule is C[C](C)C1CC2CC1C1CC(C#N)CC21. The molecule has 3 fully saturated rings. The van der Waals surface area contributed by atoms with Gasteiger partial charge in [-0.1, -0.05) is 13.8 Å². The molecule has 3 saturated carbocycles. The lowest BCUT2D eigenvalue weighted by atomic mass is 9.72. The molecule has 0 heterocycles. The Balaban J connectivity index is 1.79. The molecule has 3 rings (SSSR count). The Bertz CT molecular complexity index is 301. The van der Waals surface area contributed by atoms with Gasteiger partial charge in [0.05, 0.1) is 6.07 Å². The molecule has 1 radical (unpaired) electrons. The molecule has 15 heavy (non-hydrogen) atoms. The summed E-state index contributed by atoms with van der Waals surface area (Å²) in [6, 6.07) is 2.50. The van der Waals surface area contributed by atoms with E-state index in [9.17, 15) is 0 Å². The van der Waals surface area contributed by atoms with Crippen molar-refractivity contribution in [2.24, 2.45) is 35.5 Å². The first-order valence-electron chi connectivity index (χ1n) is 6.40. The fourth-order valence-corrected chi connectivity index (χ4v) is 4.84. The monoisotopic (exact) mass is 202 g/mol. The van der Waals surface area contributed by atoms with Crippen LogP contribution in [-0.2, 0) is 0 Å². The molecule has 3 aliphatic carbocycles. The van der Waals surface area contributed by atoms with Crippen LogP contribution in [0.25, 0.3) is 0 Å². The second-order valence-corrected chi connectivity index (χ2v) is 6.20. The van der Waals surface area contributed by atoms with Crippen LogP contribution in [0.2, 0.25) is 0 Å². The Morgan fingerprint density at radius 3 is 2.40 bits per heavy atom. The summed E-state index contributed by atoms with van der Waals surface area (Å²) in [5, 5.41) is 9.03. The Kier molecular flexibility index (Phi) is 2.09. The van der Waals surface area contributed by atoms with Gasteiger partial charge in [-0.25, -0.2) is 0 Å². The molecule has 1 nitrogen and oxygen atoms in total. The predicted molar refractivity (Wildman–Crippen MR) is 59.6 cm³/mol. The van der Waals surface area contributed by atoms with Gasteiger partial charge in [0.15, 0.2) is 0 Å².